The molecule has 3 fully saturated rings. The highest BCUT2D eigenvalue weighted by Gasteiger charge is 2.27. The van der Waals surface area contributed by atoms with E-state index < -0.39 is 0 Å². The van der Waals surface area contributed by atoms with Crippen molar-refractivity contribution in [2.45, 2.75) is 12.8 Å². The number of hydrogen-bond donors (Lipinski definition) is 0. The predicted molar refractivity (Wildman–Crippen MR) is 109 cm³/mol. The Morgan fingerprint density at radius 1 is 0.800 bits per heavy atom. The maximum atomic E-state index is 12.0. The Labute approximate surface area is 175 Å². The number of ether oxygens (including phenoxy) is 2. The second-order valence-corrected chi connectivity index (χ2v) is 7.55. The van der Waals surface area contributed by atoms with E-state index in [1.165, 1.54) is 0 Å². The average molecular weight is 412 g/mol. The topological polar surface area (TPSA) is 87.8 Å². The van der Waals surface area contributed by atoms with Crippen LogP contribution in [0.3, 0.4) is 0 Å². The van der Waals surface area contributed by atoms with Crippen molar-refractivity contribution in [3.63, 3.8) is 0 Å². The van der Waals surface area contributed by atoms with Crippen LogP contribution in [0.5, 0.6) is 0 Å². The fourth-order valence-electron chi connectivity index (χ4n) is 3.92. The number of aromatic nitrogens is 4. The monoisotopic (exact) mass is 412 g/mol. The van der Waals surface area contributed by atoms with E-state index in [0.717, 1.165) is 44.8 Å². The van der Waals surface area contributed by atoms with Crippen molar-refractivity contribution in [3.05, 3.63) is 24.5 Å². The van der Waals surface area contributed by atoms with Crippen molar-refractivity contribution in [1.82, 2.24) is 15.0 Å². The molecule has 0 radical (unpaired) electrons. The van der Waals surface area contributed by atoms with Crippen molar-refractivity contribution < 1.29 is 18.8 Å². The molecule has 5 heterocycles. The molecule has 0 aromatic carbocycles. The van der Waals surface area contributed by atoms with Crippen LogP contribution in [0.1, 0.15) is 12.8 Å². The van der Waals surface area contributed by atoms with Gasteiger partial charge in [0.25, 0.3) is 0 Å². The SMILES string of the molecule is O=C1CCCN1c1cc[n+](-c2nc(N3CCOCC3)nc(N3CCOCC3)n2)cc1. The summed E-state index contributed by atoms with van der Waals surface area (Å²) in [4.78, 5) is 32.3. The van der Waals surface area contributed by atoms with Crippen LogP contribution in [0.15, 0.2) is 24.5 Å². The number of morpholine rings is 2. The Morgan fingerprint density at radius 2 is 1.37 bits per heavy atom. The average Bonchev–Trinajstić information content (AvgIpc) is 3.26. The molecule has 3 aliphatic rings. The van der Waals surface area contributed by atoms with Gasteiger partial charge in [-0.3, -0.25) is 4.79 Å². The van der Waals surface area contributed by atoms with Crippen LogP contribution in [0.25, 0.3) is 5.95 Å². The number of rotatable bonds is 4. The van der Waals surface area contributed by atoms with Gasteiger partial charge in [0.2, 0.25) is 5.91 Å². The Balaban J connectivity index is 1.47. The zero-order valence-electron chi connectivity index (χ0n) is 16.9. The van der Waals surface area contributed by atoms with Crippen LogP contribution in [0, 0.1) is 0 Å². The largest absolute Gasteiger partial charge is 0.444 e. The number of anilines is 3. The standard InChI is InChI=1S/C20H26N7O3/c28-17-2-1-5-27(17)16-3-6-24(7-4-16)18-21-19(25-8-12-29-13-9-25)23-20(22-18)26-10-14-30-15-11-26/h3-4,6-7H,1-2,5,8-15H2/q+1. The van der Waals surface area contributed by atoms with Crippen molar-refractivity contribution >= 4 is 23.5 Å². The third-order valence-corrected chi connectivity index (χ3v) is 5.62. The Morgan fingerprint density at radius 3 is 1.87 bits per heavy atom. The number of amides is 1. The van der Waals surface area contributed by atoms with Crippen LogP contribution in [-0.4, -0.2) is 80.0 Å². The number of pyridine rings is 1. The van der Waals surface area contributed by atoms with Crippen LogP contribution < -0.4 is 19.3 Å². The van der Waals surface area contributed by atoms with Gasteiger partial charge in [-0.2, -0.15) is 0 Å². The maximum Gasteiger partial charge on any atom is 0.444 e. The lowest BCUT2D eigenvalue weighted by Crippen LogP contribution is -2.42. The van der Waals surface area contributed by atoms with Crippen LogP contribution in [-0.2, 0) is 14.3 Å². The van der Waals surface area contributed by atoms with E-state index in [2.05, 4.69) is 9.80 Å². The summed E-state index contributed by atoms with van der Waals surface area (Å²) in [7, 11) is 0. The summed E-state index contributed by atoms with van der Waals surface area (Å²) >= 11 is 0. The molecular weight excluding hydrogens is 386 g/mol. The van der Waals surface area contributed by atoms with E-state index in [0.29, 0.717) is 50.7 Å². The molecule has 0 bridgehead atoms. The second kappa shape index (κ2) is 8.49. The van der Waals surface area contributed by atoms with Gasteiger partial charge in [0, 0.05) is 44.8 Å². The lowest BCUT2D eigenvalue weighted by molar-refractivity contribution is -0.603. The van der Waals surface area contributed by atoms with Gasteiger partial charge in [-0.1, -0.05) is 0 Å². The van der Waals surface area contributed by atoms with Gasteiger partial charge in [0.1, 0.15) is 0 Å². The number of carbonyl (C=O) groups excluding carboxylic acids is 1. The van der Waals surface area contributed by atoms with Gasteiger partial charge in [-0.15, -0.1) is 4.98 Å². The molecule has 0 N–H and O–H groups in total. The molecule has 0 aliphatic carbocycles. The van der Waals surface area contributed by atoms with Gasteiger partial charge in [0.05, 0.1) is 38.8 Å². The summed E-state index contributed by atoms with van der Waals surface area (Å²) in [5, 5.41) is 0. The first-order valence-electron chi connectivity index (χ1n) is 10.5. The third kappa shape index (κ3) is 3.92. The molecule has 2 aromatic rings. The fourth-order valence-corrected chi connectivity index (χ4v) is 3.92. The molecule has 0 atom stereocenters. The van der Waals surface area contributed by atoms with Gasteiger partial charge < -0.3 is 24.2 Å². The van der Waals surface area contributed by atoms with Gasteiger partial charge in [-0.25, -0.2) is 4.57 Å². The molecule has 0 saturated carbocycles. The lowest BCUT2D eigenvalue weighted by atomic mass is 10.3. The van der Waals surface area contributed by atoms with Crippen LogP contribution in [0.2, 0.25) is 0 Å². The first kappa shape index (κ1) is 19.1. The zero-order valence-corrected chi connectivity index (χ0v) is 16.9. The minimum atomic E-state index is 0.178. The lowest BCUT2D eigenvalue weighted by Gasteiger charge is -2.27. The number of carbonyl (C=O) groups is 1. The number of hydrogen-bond acceptors (Lipinski definition) is 8. The molecule has 30 heavy (non-hydrogen) atoms. The fraction of sp³-hybridized carbons (Fsp3) is 0.550. The predicted octanol–water partition coefficient (Wildman–Crippen LogP) is -0.0517. The Kier molecular flexibility index (Phi) is 5.41. The number of nitrogens with zero attached hydrogens (tertiary/aromatic N) is 7. The zero-order chi connectivity index (χ0) is 20.3. The summed E-state index contributed by atoms with van der Waals surface area (Å²) in [6, 6.07) is 3.88. The van der Waals surface area contributed by atoms with Gasteiger partial charge >= 0.3 is 17.8 Å². The molecule has 3 saturated heterocycles. The molecule has 1 amide bonds. The highest BCUT2D eigenvalue weighted by molar-refractivity contribution is 5.95. The molecule has 3 aliphatic heterocycles. The highest BCUT2D eigenvalue weighted by atomic mass is 16.5. The summed E-state index contributed by atoms with van der Waals surface area (Å²) in [5.74, 6) is 2.07. The summed E-state index contributed by atoms with van der Waals surface area (Å²) < 4.78 is 12.8. The van der Waals surface area contributed by atoms with E-state index in [9.17, 15) is 4.79 Å². The van der Waals surface area contributed by atoms with E-state index in [-0.39, 0.29) is 5.91 Å². The minimum Gasteiger partial charge on any atom is -0.378 e. The first-order chi connectivity index (χ1) is 14.8. The van der Waals surface area contributed by atoms with Crippen molar-refractivity contribution in [3.8, 4) is 5.95 Å². The Hall–Kier alpha value is -2.85. The van der Waals surface area contributed by atoms with Crippen LogP contribution >= 0.6 is 0 Å². The molecule has 158 valence electrons. The smallest absolute Gasteiger partial charge is 0.378 e. The normalized spacial score (nSPS) is 20.1. The van der Waals surface area contributed by atoms with E-state index in [4.69, 9.17) is 24.4 Å². The van der Waals surface area contributed by atoms with E-state index >= 15 is 0 Å². The van der Waals surface area contributed by atoms with E-state index in [1.807, 2.05) is 34.0 Å². The summed E-state index contributed by atoms with van der Waals surface area (Å²) in [5.41, 5.74) is 0.907. The molecule has 10 nitrogen and oxygen atoms in total. The highest BCUT2D eigenvalue weighted by Crippen LogP contribution is 2.20. The van der Waals surface area contributed by atoms with Crippen molar-refractivity contribution in [2.75, 3.05) is 73.9 Å². The Bertz CT molecular complexity index is 860. The third-order valence-electron chi connectivity index (χ3n) is 5.62. The van der Waals surface area contributed by atoms with E-state index in [1.54, 1.807) is 0 Å². The summed E-state index contributed by atoms with van der Waals surface area (Å²) in [6.07, 6.45) is 5.34. The minimum absolute atomic E-state index is 0.178. The quantitative estimate of drug-likeness (QED) is 0.646. The molecule has 5 rings (SSSR count). The van der Waals surface area contributed by atoms with Gasteiger partial charge in [0.15, 0.2) is 0 Å². The van der Waals surface area contributed by atoms with Crippen LogP contribution in [0.4, 0.5) is 17.6 Å². The molecule has 2 aromatic heterocycles. The molecule has 0 unspecified atom stereocenters. The first-order valence-corrected chi connectivity index (χ1v) is 10.5. The summed E-state index contributed by atoms with van der Waals surface area (Å²) in [6.45, 7) is 6.47. The van der Waals surface area contributed by atoms with Gasteiger partial charge in [-0.05, 0) is 28.5 Å². The maximum absolute atomic E-state index is 12.0. The molecule has 0 spiro atoms. The van der Waals surface area contributed by atoms with Crippen molar-refractivity contribution in [1.29, 1.82) is 0 Å². The molecular formula is C20H26N7O3+. The van der Waals surface area contributed by atoms with Crippen molar-refractivity contribution in [2.24, 2.45) is 0 Å². The second-order valence-electron chi connectivity index (χ2n) is 7.55. The molecule has 10 heteroatoms.